The predicted molar refractivity (Wildman–Crippen MR) is 122 cm³/mol. The van der Waals surface area contributed by atoms with Gasteiger partial charge in [-0.1, -0.05) is 0 Å². The summed E-state index contributed by atoms with van der Waals surface area (Å²) in [6, 6.07) is 10.8. The van der Waals surface area contributed by atoms with E-state index in [1.165, 1.54) is 25.3 Å². The van der Waals surface area contributed by atoms with Gasteiger partial charge in [0.05, 0.1) is 30.3 Å². The van der Waals surface area contributed by atoms with E-state index < -0.39 is 5.97 Å². The van der Waals surface area contributed by atoms with Crippen LogP contribution in [0.5, 0.6) is 5.75 Å². The number of hydrogen-bond donors (Lipinski definition) is 3. The summed E-state index contributed by atoms with van der Waals surface area (Å²) in [5.41, 5.74) is 1.81. The lowest BCUT2D eigenvalue weighted by atomic mass is 9.82. The molecule has 7 nitrogen and oxygen atoms in total. The van der Waals surface area contributed by atoms with E-state index in [-0.39, 0.29) is 29.6 Å². The molecule has 0 aliphatic heterocycles. The molecule has 1 aliphatic carbocycles. The van der Waals surface area contributed by atoms with Crippen molar-refractivity contribution in [3.05, 3.63) is 58.9 Å². The van der Waals surface area contributed by atoms with E-state index in [1.807, 2.05) is 6.92 Å². The van der Waals surface area contributed by atoms with E-state index in [1.54, 1.807) is 18.2 Å². The maximum Gasteiger partial charge on any atom is 0.306 e. The van der Waals surface area contributed by atoms with Crippen molar-refractivity contribution in [1.82, 2.24) is 5.32 Å². The van der Waals surface area contributed by atoms with Gasteiger partial charge in [0.25, 0.3) is 5.91 Å². The minimum Gasteiger partial charge on any atom is -0.496 e. The number of rotatable bonds is 8. The minimum atomic E-state index is -0.750. The molecule has 2 aromatic rings. The van der Waals surface area contributed by atoms with Crippen molar-refractivity contribution >= 4 is 17.6 Å². The fourth-order valence-electron chi connectivity index (χ4n) is 4.21. The molecule has 0 heterocycles. The van der Waals surface area contributed by atoms with Crippen LogP contribution in [-0.4, -0.2) is 30.6 Å². The fourth-order valence-corrected chi connectivity index (χ4v) is 4.21. The van der Waals surface area contributed by atoms with Gasteiger partial charge in [0, 0.05) is 17.7 Å². The third-order valence-electron chi connectivity index (χ3n) is 6.18. The molecule has 0 unspecified atom stereocenters. The largest absolute Gasteiger partial charge is 0.496 e. The van der Waals surface area contributed by atoms with Crippen molar-refractivity contribution in [3.8, 4) is 11.8 Å². The van der Waals surface area contributed by atoms with Crippen LogP contribution in [0.15, 0.2) is 36.4 Å². The van der Waals surface area contributed by atoms with E-state index in [0.29, 0.717) is 47.5 Å². The summed E-state index contributed by atoms with van der Waals surface area (Å²) in [6.07, 6.45) is 2.79. The first-order chi connectivity index (χ1) is 15.8. The van der Waals surface area contributed by atoms with Gasteiger partial charge in [0.2, 0.25) is 0 Å². The molecule has 3 N–H and O–H groups in total. The van der Waals surface area contributed by atoms with Gasteiger partial charge in [0.1, 0.15) is 17.6 Å². The number of methoxy groups -OCH3 is 1. The van der Waals surface area contributed by atoms with Crippen LogP contribution in [0, 0.1) is 29.0 Å². The molecule has 0 radical (unpaired) electrons. The van der Waals surface area contributed by atoms with Crippen LogP contribution in [0.3, 0.4) is 0 Å². The number of halogens is 1. The van der Waals surface area contributed by atoms with Gasteiger partial charge in [-0.3, -0.25) is 9.59 Å². The lowest BCUT2D eigenvalue weighted by Crippen LogP contribution is -2.32. The Kier molecular flexibility index (Phi) is 7.88. The quantitative estimate of drug-likeness (QED) is 0.543. The highest BCUT2D eigenvalue weighted by Crippen LogP contribution is 2.30. The molecule has 1 amide bonds. The molecular weight excluding hydrogens is 425 g/mol. The molecule has 0 spiro atoms. The second-order valence-corrected chi connectivity index (χ2v) is 8.39. The van der Waals surface area contributed by atoms with Crippen molar-refractivity contribution in [2.24, 2.45) is 11.8 Å². The number of carboxylic acids is 1. The molecule has 1 aliphatic rings. The number of benzene rings is 2. The highest BCUT2D eigenvalue weighted by Gasteiger charge is 2.26. The third-order valence-corrected chi connectivity index (χ3v) is 6.18. The van der Waals surface area contributed by atoms with Crippen molar-refractivity contribution in [2.75, 3.05) is 19.0 Å². The number of nitrogens with one attached hydrogen (secondary N) is 2. The standard InChI is InChI=1S/C25H28FN3O4/c1-15(21-12-20(26)8-10-23(21)33-2)29-22-9-7-18(11-19(22)13-27)24(30)28-14-16-3-5-17(6-4-16)25(31)32/h7-12,15-17,29H,3-6,14H2,1-2H3,(H,28,30)(H,31,32)/t15-,16?,17?/m0/s1. The summed E-state index contributed by atoms with van der Waals surface area (Å²) in [5.74, 6) is -0.918. The Bertz CT molecular complexity index is 1060. The van der Waals surface area contributed by atoms with E-state index >= 15 is 0 Å². The van der Waals surface area contributed by atoms with Gasteiger partial charge in [-0.2, -0.15) is 5.26 Å². The van der Waals surface area contributed by atoms with Crippen molar-refractivity contribution in [2.45, 2.75) is 38.6 Å². The van der Waals surface area contributed by atoms with Gasteiger partial charge in [-0.25, -0.2) is 4.39 Å². The van der Waals surface area contributed by atoms with Crippen molar-refractivity contribution < 1.29 is 23.8 Å². The SMILES string of the molecule is COc1ccc(F)cc1[C@H](C)Nc1ccc(C(=O)NCC2CCC(C(=O)O)CC2)cc1C#N. The monoisotopic (exact) mass is 453 g/mol. The topological polar surface area (TPSA) is 111 Å². The van der Waals surface area contributed by atoms with Gasteiger partial charge in [-0.05, 0) is 74.9 Å². The molecule has 0 saturated heterocycles. The summed E-state index contributed by atoms with van der Waals surface area (Å²) < 4.78 is 19.0. The van der Waals surface area contributed by atoms with Gasteiger partial charge >= 0.3 is 5.97 Å². The summed E-state index contributed by atoms with van der Waals surface area (Å²) in [7, 11) is 1.51. The molecule has 1 fully saturated rings. The molecule has 33 heavy (non-hydrogen) atoms. The molecule has 8 heteroatoms. The van der Waals surface area contributed by atoms with Crippen LogP contribution in [0.1, 0.15) is 60.1 Å². The smallest absolute Gasteiger partial charge is 0.306 e. The van der Waals surface area contributed by atoms with Crippen LogP contribution >= 0.6 is 0 Å². The molecule has 0 bridgehead atoms. The number of ether oxygens (including phenoxy) is 1. The van der Waals surface area contributed by atoms with E-state index in [2.05, 4.69) is 16.7 Å². The number of carboxylic acid groups (broad SMARTS) is 1. The Hall–Kier alpha value is -3.60. The van der Waals surface area contributed by atoms with E-state index in [0.717, 1.165) is 12.8 Å². The Morgan fingerprint density at radius 3 is 2.58 bits per heavy atom. The number of nitriles is 1. The van der Waals surface area contributed by atoms with Gasteiger partial charge in [-0.15, -0.1) is 0 Å². The molecular formula is C25H28FN3O4. The minimum absolute atomic E-state index is 0.253. The van der Waals surface area contributed by atoms with E-state index in [4.69, 9.17) is 9.84 Å². The maximum absolute atomic E-state index is 13.7. The normalized spacial score (nSPS) is 18.6. The zero-order valence-electron chi connectivity index (χ0n) is 18.7. The second-order valence-electron chi connectivity index (χ2n) is 8.39. The summed E-state index contributed by atoms with van der Waals surface area (Å²) >= 11 is 0. The van der Waals surface area contributed by atoms with Crippen LogP contribution in [0.4, 0.5) is 10.1 Å². The molecule has 3 rings (SSSR count). The van der Waals surface area contributed by atoms with Crippen molar-refractivity contribution in [1.29, 1.82) is 5.26 Å². The number of nitrogens with zero attached hydrogens (tertiary/aromatic N) is 1. The first-order valence-corrected chi connectivity index (χ1v) is 11.0. The maximum atomic E-state index is 13.7. The summed E-state index contributed by atoms with van der Waals surface area (Å²) in [6.45, 7) is 2.31. The Morgan fingerprint density at radius 2 is 1.94 bits per heavy atom. The highest BCUT2D eigenvalue weighted by molar-refractivity contribution is 5.95. The van der Waals surface area contributed by atoms with Gasteiger partial charge < -0.3 is 20.5 Å². The Balaban J connectivity index is 1.64. The van der Waals surface area contributed by atoms with Crippen molar-refractivity contribution in [3.63, 3.8) is 0 Å². The Labute approximate surface area is 192 Å². The van der Waals surface area contributed by atoms with Crippen LogP contribution in [0.25, 0.3) is 0 Å². The molecule has 174 valence electrons. The number of carbonyl (C=O) groups is 2. The lowest BCUT2D eigenvalue weighted by Gasteiger charge is -2.26. The summed E-state index contributed by atoms with van der Waals surface area (Å²) in [5, 5.41) is 24.8. The third kappa shape index (κ3) is 6.01. The first kappa shape index (κ1) is 24.1. The van der Waals surface area contributed by atoms with Gasteiger partial charge in [0.15, 0.2) is 0 Å². The van der Waals surface area contributed by atoms with Crippen LogP contribution < -0.4 is 15.4 Å². The zero-order chi connectivity index (χ0) is 24.0. The average molecular weight is 454 g/mol. The van der Waals surface area contributed by atoms with Crippen LogP contribution in [-0.2, 0) is 4.79 Å². The first-order valence-electron chi connectivity index (χ1n) is 11.0. The average Bonchev–Trinajstić information content (AvgIpc) is 2.82. The van der Waals surface area contributed by atoms with Crippen LogP contribution in [0.2, 0.25) is 0 Å². The Morgan fingerprint density at radius 1 is 1.21 bits per heavy atom. The summed E-state index contributed by atoms with van der Waals surface area (Å²) in [4.78, 5) is 23.7. The molecule has 1 atom stereocenters. The highest BCUT2D eigenvalue weighted by atomic mass is 19.1. The fraction of sp³-hybridized carbons (Fsp3) is 0.400. The number of anilines is 1. The molecule has 1 saturated carbocycles. The number of hydrogen-bond acceptors (Lipinski definition) is 5. The molecule has 2 aromatic carbocycles. The molecule has 0 aromatic heterocycles. The number of carbonyl (C=O) groups excluding carboxylic acids is 1. The lowest BCUT2D eigenvalue weighted by molar-refractivity contribution is -0.143. The second kappa shape index (κ2) is 10.8. The van der Waals surface area contributed by atoms with E-state index in [9.17, 15) is 19.2 Å². The zero-order valence-corrected chi connectivity index (χ0v) is 18.7. The number of aliphatic carboxylic acids is 1. The number of amides is 1. The predicted octanol–water partition coefficient (Wildman–Crippen LogP) is 4.50.